The first-order valence-electron chi connectivity index (χ1n) is 3.66. The molecule has 0 bridgehead atoms. The highest BCUT2D eigenvalue weighted by molar-refractivity contribution is 9.10. The first-order chi connectivity index (χ1) is 6.83. The van der Waals surface area contributed by atoms with Crippen molar-refractivity contribution in [2.24, 2.45) is 0 Å². The molecule has 0 saturated heterocycles. The van der Waals surface area contributed by atoms with Crippen LogP contribution in [0.1, 0.15) is 11.3 Å². The third-order valence-electron chi connectivity index (χ3n) is 1.44. The number of alkyl halides is 3. The average Bonchev–Trinajstić information content (AvgIpc) is 2.08. The molecule has 3 nitrogen and oxygen atoms in total. The molecule has 0 atom stereocenters. The largest absolute Gasteiger partial charge is 0.574 e. The molecule has 0 aliphatic carbocycles. The summed E-state index contributed by atoms with van der Waals surface area (Å²) in [6.45, 7) is 1.47. The van der Waals surface area contributed by atoms with E-state index in [-0.39, 0.29) is 11.3 Å². The predicted molar refractivity (Wildman–Crippen MR) is 48.1 cm³/mol. The molecule has 0 radical (unpaired) electrons. The highest BCUT2D eigenvalue weighted by atomic mass is 79.9. The standard InChI is InChI=1S/C8H4BrF3N2O/c1-4-7(9)5(3-13)2-6(14-4)15-8(10,11)12/h2H,1H3. The average molecular weight is 281 g/mol. The first kappa shape index (κ1) is 11.8. The van der Waals surface area contributed by atoms with Gasteiger partial charge in [0.05, 0.1) is 15.7 Å². The van der Waals surface area contributed by atoms with Crippen LogP contribution < -0.4 is 4.74 Å². The van der Waals surface area contributed by atoms with Gasteiger partial charge in [0, 0.05) is 6.07 Å². The van der Waals surface area contributed by atoms with E-state index in [1.165, 1.54) is 6.92 Å². The molecule has 0 N–H and O–H groups in total. The van der Waals surface area contributed by atoms with Crippen molar-refractivity contribution in [2.75, 3.05) is 0 Å². The maximum absolute atomic E-state index is 11.9. The fraction of sp³-hybridized carbons (Fsp3) is 0.250. The van der Waals surface area contributed by atoms with Gasteiger partial charge in [-0.05, 0) is 22.9 Å². The zero-order valence-corrected chi connectivity index (χ0v) is 8.98. The highest BCUT2D eigenvalue weighted by Crippen LogP contribution is 2.26. The van der Waals surface area contributed by atoms with Gasteiger partial charge in [-0.1, -0.05) is 0 Å². The van der Waals surface area contributed by atoms with Gasteiger partial charge in [-0.3, -0.25) is 0 Å². The summed E-state index contributed by atoms with van der Waals surface area (Å²) in [6.07, 6.45) is -4.81. The quantitative estimate of drug-likeness (QED) is 0.795. The number of pyridine rings is 1. The van der Waals surface area contributed by atoms with Gasteiger partial charge in [-0.25, -0.2) is 4.98 Å². The number of hydrogen-bond donors (Lipinski definition) is 0. The number of nitrogens with zero attached hydrogens (tertiary/aromatic N) is 2. The molecule has 7 heteroatoms. The molecule has 1 heterocycles. The normalized spacial score (nSPS) is 10.9. The molecule has 80 valence electrons. The minimum Gasteiger partial charge on any atom is -0.388 e. The Morgan fingerprint density at radius 3 is 2.60 bits per heavy atom. The zero-order valence-electron chi connectivity index (χ0n) is 7.39. The number of ether oxygens (including phenoxy) is 1. The SMILES string of the molecule is Cc1nc(OC(F)(F)F)cc(C#N)c1Br. The maximum atomic E-state index is 11.9. The Balaban J connectivity index is 3.13. The maximum Gasteiger partial charge on any atom is 0.574 e. The third kappa shape index (κ3) is 3.09. The predicted octanol–water partition coefficient (Wildman–Crippen LogP) is 2.92. The number of halogens is 4. The molecule has 0 aliphatic rings. The van der Waals surface area contributed by atoms with Gasteiger partial charge in [0.25, 0.3) is 0 Å². The van der Waals surface area contributed by atoms with Crippen LogP contribution in [-0.2, 0) is 0 Å². The van der Waals surface area contributed by atoms with Crippen molar-refractivity contribution in [1.29, 1.82) is 5.26 Å². The van der Waals surface area contributed by atoms with Gasteiger partial charge in [0.1, 0.15) is 6.07 Å². The van der Waals surface area contributed by atoms with Crippen LogP contribution >= 0.6 is 15.9 Å². The first-order valence-corrected chi connectivity index (χ1v) is 4.46. The van der Waals surface area contributed by atoms with Crippen LogP contribution in [0.15, 0.2) is 10.5 Å². The van der Waals surface area contributed by atoms with Crippen molar-refractivity contribution in [1.82, 2.24) is 4.98 Å². The Hall–Kier alpha value is -1.29. The summed E-state index contributed by atoms with van der Waals surface area (Å²) in [5, 5.41) is 8.62. The summed E-state index contributed by atoms with van der Waals surface area (Å²) < 4.78 is 39.5. The van der Waals surface area contributed by atoms with Crippen LogP contribution in [0.3, 0.4) is 0 Å². The molecule has 0 fully saturated rings. The molecule has 1 aromatic rings. The van der Waals surface area contributed by atoms with Gasteiger partial charge >= 0.3 is 6.36 Å². The van der Waals surface area contributed by atoms with E-state index in [0.29, 0.717) is 4.47 Å². The fourth-order valence-electron chi connectivity index (χ4n) is 0.881. The van der Waals surface area contributed by atoms with E-state index in [2.05, 4.69) is 25.7 Å². The van der Waals surface area contributed by atoms with Crippen LogP contribution in [0.25, 0.3) is 0 Å². The van der Waals surface area contributed by atoms with E-state index in [1.54, 1.807) is 6.07 Å². The summed E-state index contributed by atoms with van der Waals surface area (Å²) in [5.41, 5.74) is 0.301. The number of aryl methyl sites for hydroxylation is 1. The summed E-state index contributed by atoms with van der Waals surface area (Å²) in [6, 6.07) is 2.65. The Kier molecular flexibility index (Phi) is 3.19. The van der Waals surface area contributed by atoms with E-state index < -0.39 is 12.2 Å². The summed E-state index contributed by atoms with van der Waals surface area (Å²) in [4.78, 5) is 3.53. The van der Waals surface area contributed by atoms with Crippen molar-refractivity contribution < 1.29 is 17.9 Å². The van der Waals surface area contributed by atoms with Crippen molar-refractivity contribution in [3.05, 3.63) is 21.8 Å². The Morgan fingerprint density at radius 1 is 1.53 bits per heavy atom. The van der Waals surface area contributed by atoms with Gasteiger partial charge in [0.15, 0.2) is 0 Å². The second-order valence-electron chi connectivity index (χ2n) is 2.57. The Labute approximate surface area is 91.6 Å². The van der Waals surface area contributed by atoms with E-state index >= 15 is 0 Å². The molecule has 0 unspecified atom stereocenters. The smallest absolute Gasteiger partial charge is 0.388 e. The molecule has 0 aliphatic heterocycles. The zero-order chi connectivity index (χ0) is 11.6. The lowest BCUT2D eigenvalue weighted by Crippen LogP contribution is -2.18. The van der Waals surface area contributed by atoms with Gasteiger partial charge in [0.2, 0.25) is 5.88 Å². The van der Waals surface area contributed by atoms with E-state index in [9.17, 15) is 13.2 Å². The fourth-order valence-corrected chi connectivity index (χ4v) is 1.17. The van der Waals surface area contributed by atoms with Gasteiger partial charge in [-0.2, -0.15) is 5.26 Å². The van der Waals surface area contributed by atoms with Crippen LogP contribution in [0.5, 0.6) is 5.88 Å². The van der Waals surface area contributed by atoms with Crippen LogP contribution in [0.4, 0.5) is 13.2 Å². The van der Waals surface area contributed by atoms with Crippen molar-refractivity contribution in [3.63, 3.8) is 0 Å². The summed E-state index contributed by atoms with van der Waals surface area (Å²) in [7, 11) is 0. The Bertz CT molecular complexity index is 425. The van der Waals surface area contributed by atoms with E-state index in [1.807, 2.05) is 0 Å². The molecular formula is C8H4BrF3N2O. The highest BCUT2D eigenvalue weighted by Gasteiger charge is 2.32. The summed E-state index contributed by atoms with van der Waals surface area (Å²) in [5.74, 6) is -0.639. The molecule has 1 aromatic heterocycles. The minimum atomic E-state index is -4.81. The molecule has 15 heavy (non-hydrogen) atoms. The number of aromatic nitrogens is 1. The lowest BCUT2D eigenvalue weighted by atomic mass is 10.2. The van der Waals surface area contributed by atoms with Crippen LogP contribution in [-0.4, -0.2) is 11.3 Å². The lowest BCUT2D eigenvalue weighted by Gasteiger charge is -2.09. The van der Waals surface area contributed by atoms with Gasteiger partial charge in [-0.15, -0.1) is 13.2 Å². The van der Waals surface area contributed by atoms with Crippen molar-refractivity contribution >= 4 is 15.9 Å². The lowest BCUT2D eigenvalue weighted by molar-refractivity contribution is -0.276. The minimum absolute atomic E-state index is 0.0433. The van der Waals surface area contributed by atoms with Crippen molar-refractivity contribution in [2.45, 2.75) is 13.3 Å². The van der Waals surface area contributed by atoms with Crippen LogP contribution in [0.2, 0.25) is 0 Å². The van der Waals surface area contributed by atoms with E-state index in [0.717, 1.165) is 6.07 Å². The number of rotatable bonds is 1. The second kappa shape index (κ2) is 4.06. The summed E-state index contributed by atoms with van der Waals surface area (Å²) >= 11 is 3.03. The molecule has 0 aromatic carbocycles. The number of nitriles is 1. The van der Waals surface area contributed by atoms with Crippen molar-refractivity contribution in [3.8, 4) is 11.9 Å². The second-order valence-corrected chi connectivity index (χ2v) is 3.36. The molecule has 0 saturated carbocycles. The third-order valence-corrected chi connectivity index (χ3v) is 2.44. The van der Waals surface area contributed by atoms with Crippen LogP contribution in [0, 0.1) is 18.3 Å². The van der Waals surface area contributed by atoms with E-state index in [4.69, 9.17) is 5.26 Å². The molecule has 1 rings (SSSR count). The molecule has 0 spiro atoms. The Morgan fingerprint density at radius 2 is 2.13 bits per heavy atom. The van der Waals surface area contributed by atoms with Gasteiger partial charge < -0.3 is 4.74 Å². The topological polar surface area (TPSA) is 45.9 Å². The number of hydrogen-bond acceptors (Lipinski definition) is 3. The monoisotopic (exact) mass is 280 g/mol. The molecule has 0 amide bonds. The molecular weight excluding hydrogens is 277 g/mol.